The number of nitrogens with one attached hydrogen (secondary N) is 1. The minimum atomic E-state index is 0.916. The average Bonchev–Trinajstić information content (AvgIpc) is 2.01. The Hall–Kier alpha value is -0.0800. The highest BCUT2D eigenvalue weighted by Gasteiger charge is 2.20. The maximum absolute atomic E-state index is 3.36. The molecule has 0 bridgehead atoms. The first-order chi connectivity index (χ1) is 6.34. The van der Waals surface area contributed by atoms with Gasteiger partial charge in [0.05, 0.1) is 0 Å². The van der Waals surface area contributed by atoms with E-state index in [-0.39, 0.29) is 0 Å². The zero-order valence-corrected chi connectivity index (χ0v) is 9.18. The van der Waals surface area contributed by atoms with Crippen LogP contribution in [0.5, 0.6) is 0 Å². The molecule has 2 heteroatoms. The van der Waals surface area contributed by atoms with Crippen LogP contribution in [0, 0.1) is 0 Å². The first kappa shape index (κ1) is 11.0. The van der Waals surface area contributed by atoms with Gasteiger partial charge in [0.15, 0.2) is 0 Å². The fourth-order valence-corrected chi connectivity index (χ4v) is 1.80. The Morgan fingerprint density at radius 2 is 2.08 bits per heavy atom. The molecule has 1 rings (SSSR count). The lowest BCUT2D eigenvalue weighted by molar-refractivity contribution is 0.157. The van der Waals surface area contributed by atoms with Crippen LogP contribution < -0.4 is 5.32 Å². The van der Waals surface area contributed by atoms with E-state index in [1.807, 2.05) is 0 Å². The second-order valence-corrected chi connectivity index (χ2v) is 4.13. The molecule has 1 N–H and O–H groups in total. The van der Waals surface area contributed by atoms with Crippen molar-refractivity contribution >= 4 is 0 Å². The molecule has 13 heavy (non-hydrogen) atoms. The topological polar surface area (TPSA) is 15.3 Å². The first-order valence-corrected chi connectivity index (χ1v) is 5.75. The van der Waals surface area contributed by atoms with Crippen molar-refractivity contribution in [3.8, 4) is 0 Å². The number of unbranched alkanes of at least 4 members (excludes halogenated alkanes) is 1. The summed E-state index contributed by atoms with van der Waals surface area (Å²) in [4.78, 5) is 2.54. The summed E-state index contributed by atoms with van der Waals surface area (Å²) in [5, 5.41) is 3.36. The fourth-order valence-electron chi connectivity index (χ4n) is 1.80. The molecule has 0 heterocycles. The summed E-state index contributed by atoms with van der Waals surface area (Å²) in [6, 6.07) is 0.916. The molecule has 1 aliphatic rings. The largest absolute Gasteiger partial charge is 0.317 e. The summed E-state index contributed by atoms with van der Waals surface area (Å²) in [5.41, 5.74) is 0. The Balaban J connectivity index is 1.86. The van der Waals surface area contributed by atoms with Crippen molar-refractivity contribution in [1.82, 2.24) is 10.2 Å². The standard InChI is InChI=1S/C11H24N2/c1-3-12-9-4-5-10-13(2)11-7-6-8-11/h11-12H,3-10H2,1-2H3. The van der Waals surface area contributed by atoms with Crippen molar-refractivity contribution in [1.29, 1.82) is 0 Å². The van der Waals surface area contributed by atoms with E-state index in [0.717, 1.165) is 12.6 Å². The zero-order valence-electron chi connectivity index (χ0n) is 9.18. The number of rotatable bonds is 7. The molecule has 0 aromatic heterocycles. The lowest BCUT2D eigenvalue weighted by atomic mass is 9.92. The summed E-state index contributed by atoms with van der Waals surface area (Å²) < 4.78 is 0. The van der Waals surface area contributed by atoms with E-state index in [4.69, 9.17) is 0 Å². The van der Waals surface area contributed by atoms with Crippen molar-refractivity contribution in [2.45, 2.75) is 45.1 Å². The van der Waals surface area contributed by atoms with E-state index in [1.54, 1.807) is 0 Å². The van der Waals surface area contributed by atoms with Crippen LogP contribution in [0.2, 0.25) is 0 Å². The third-order valence-electron chi connectivity index (χ3n) is 3.06. The summed E-state index contributed by atoms with van der Waals surface area (Å²) in [5.74, 6) is 0. The Morgan fingerprint density at radius 3 is 2.62 bits per heavy atom. The Kier molecular flexibility index (Phi) is 5.40. The van der Waals surface area contributed by atoms with Crippen molar-refractivity contribution in [3.63, 3.8) is 0 Å². The molecule has 0 radical (unpaired) electrons. The number of nitrogens with zero attached hydrogens (tertiary/aromatic N) is 1. The lowest BCUT2D eigenvalue weighted by Gasteiger charge is -2.34. The molecule has 2 nitrogen and oxygen atoms in total. The number of hydrogen-bond donors (Lipinski definition) is 1. The van der Waals surface area contributed by atoms with Gasteiger partial charge in [-0.15, -0.1) is 0 Å². The summed E-state index contributed by atoms with van der Waals surface area (Å²) in [6.45, 7) is 5.75. The SMILES string of the molecule is CCNCCCCN(C)C1CCC1. The van der Waals surface area contributed by atoms with Crippen LogP contribution in [0.1, 0.15) is 39.0 Å². The van der Waals surface area contributed by atoms with Gasteiger partial charge in [0, 0.05) is 6.04 Å². The van der Waals surface area contributed by atoms with E-state index in [0.29, 0.717) is 0 Å². The van der Waals surface area contributed by atoms with E-state index in [9.17, 15) is 0 Å². The van der Waals surface area contributed by atoms with Gasteiger partial charge in [-0.2, -0.15) is 0 Å². The van der Waals surface area contributed by atoms with Crippen LogP contribution >= 0.6 is 0 Å². The molecular formula is C11H24N2. The molecule has 1 saturated carbocycles. The molecule has 0 aromatic carbocycles. The molecular weight excluding hydrogens is 160 g/mol. The van der Waals surface area contributed by atoms with Gasteiger partial charge in [0.25, 0.3) is 0 Å². The van der Waals surface area contributed by atoms with Gasteiger partial charge in [-0.1, -0.05) is 13.3 Å². The Bertz CT molecular complexity index is 121. The van der Waals surface area contributed by atoms with Crippen molar-refractivity contribution < 1.29 is 0 Å². The third-order valence-corrected chi connectivity index (χ3v) is 3.06. The van der Waals surface area contributed by atoms with Crippen molar-refractivity contribution in [2.24, 2.45) is 0 Å². The van der Waals surface area contributed by atoms with Crippen LogP contribution in [0.15, 0.2) is 0 Å². The fraction of sp³-hybridized carbons (Fsp3) is 1.00. The van der Waals surface area contributed by atoms with Crippen molar-refractivity contribution in [2.75, 3.05) is 26.7 Å². The number of hydrogen-bond acceptors (Lipinski definition) is 2. The average molecular weight is 184 g/mol. The Morgan fingerprint density at radius 1 is 1.31 bits per heavy atom. The van der Waals surface area contributed by atoms with Crippen LogP contribution in [0.4, 0.5) is 0 Å². The van der Waals surface area contributed by atoms with Gasteiger partial charge in [0.2, 0.25) is 0 Å². The van der Waals surface area contributed by atoms with E-state index in [2.05, 4.69) is 24.2 Å². The second-order valence-electron chi connectivity index (χ2n) is 4.13. The van der Waals surface area contributed by atoms with E-state index < -0.39 is 0 Å². The summed E-state index contributed by atoms with van der Waals surface area (Å²) >= 11 is 0. The second kappa shape index (κ2) is 6.39. The predicted molar refractivity (Wildman–Crippen MR) is 58.0 cm³/mol. The summed E-state index contributed by atoms with van der Waals surface area (Å²) in [7, 11) is 2.27. The molecule has 0 saturated heterocycles. The molecule has 0 spiro atoms. The minimum absolute atomic E-state index is 0.916. The highest BCUT2D eigenvalue weighted by atomic mass is 15.1. The smallest absolute Gasteiger partial charge is 0.00922 e. The van der Waals surface area contributed by atoms with Gasteiger partial charge < -0.3 is 10.2 Å². The highest BCUT2D eigenvalue weighted by molar-refractivity contribution is 4.77. The molecule has 1 aliphatic carbocycles. The van der Waals surface area contributed by atoms with Gasteiger partial charge >= 0.3 is 0 Å². The minimum Gasteiger partial charge on any atom is -0.317 e. The van der Waals surface area contributed by atoms with Crippen LogP contribution in [-0.2, 0) is 0 Å². The Labute approximate surface area is 82.7 Å². The predicted octanol–water partition coefficient (Wildman–Crippen LogP) is 1.86. The van der Waals surface area contributed by atoms with Crippen molar-refractivity contribution in [3.05, 3.63) is 0 Å². The summed E-state index contributed by atoms with van der Waals surface area (Å²) in [6.07, 6.45) is 6.99. The first-order valence-electron chi connectivity index (χ1n) is 5.75. The molecule has 78 valence electrons. The van der Waals surface area contributed by atoms with Crippen LogP contribution in [0.25, 0.3) is 0 Å². The van der Waals surface area contributed by atoms with Gasteiger partial charge in [-0.05, 0) is 52.4 Å². The monoisotopic (exact) mass is 184 g/mol. The van der Waals surface area contributed by atoms with Gasteiger partial charge in [0.1, 0.15) is 0 Å². The van der Waals surface area contributed by atoms with E-state index >= 15 is 0 Å². The molecule has 0 aromatic rings. The maximum atomic E-state index is 3.36. The van der Waals surface area contributed by atoms with Gasteiger partial charge in [-0.25, -0.2) is 0 Å². The lowest BCUT2D eigenvalue weighted by Crippen LogP contribution is -2.37. The maximum Gasteiger partial charge on any atom is 0.00922 e. The highest BCUT2D eigenvalue weighted by Crippen LogP contribution is 2.23. The third kappa shape index (κ3) is 4.10. The molecule has 0 atom stereocenters. The normalized spacial score (nSPS) is 17.8. The van der Waals surface area contributed by atoms with E-state index in [1.165, 1.54) is 45.2 Å². The van der Waals surface area contributed by atoms with Gasteiger partial charge in [-0.3, -0.25) is 0 Å². The van der Waals surface area contributed by atoms with Crippen LogP contribution in [0.3, 0.4) is 0 Å². The van der Waals surface area contributed by atoms with Crippen LogP contribution in [-0.4, -0.2) is 37.6 Å². The molecule has 1 fully saturated rings. The molecule has 0 unspecified atom stereocenters. The quantitative estimate of drug-likeness (QED) is 0.608. The molecule has 0 amide bonds. The molecule has 0 aliphatic heterocycles. The zero-order chi connectivity index (χ0) is 9.52.